The molecule has 3 rings (SSSR count). The smallest absolute Gasteiger partial charge is 0.193 e. The van der Waals surface area contributed by atoms with Crippen LogP contribution < -0.4 is 10.1 Å². The van der Waals surface area contributed by atoms with Gasteiger partial charge in [-0.2, -0.15) is 0 Å². The summed E-state index contributed by atoms with van der Waals surface area (Å²) in [6.45, 7) is 2.08. The maximum Gasteiger partial charge on any atom is 0.193 e. The molecule has 0 aliphatic rings. The molecule has 0 amide bonds. The van der Waals surface area contributed by atoms with E-state index in [0.29, 0.717) is 13.2 Å². The van der Waals surface area contributed by atoms with Crippen molar-refractivity contribution in [2.75, 3.05) is 20.6 Å². The van der Waals surface area contributed by atoms with Gasteiger partial charge in [-0.3, -0.25) is 9.98 Å². The molecule has 1 aromatic carbocycles. The molecule has 0 fully saturated rings. The van der Waals surface area contributed by atoms with Gasteiger partial charge in [-0.1, -0.05) is 24.3 Å². The van der Waals surface area contributed by atoms with Crippen molar-refractivity contribution in [2.45, 2.75) is 19.6 Å². The van der Waals surface area contributed by atoms with Crippen LogP contribution in [0.25, 0.3) is 0 Å². The summed E-state index contributed by atoms with van der Waals surface area (Å²) in [5.41, 5.74) is 2.06. The van der Waals surface area contributed by atoms with Gasteiger partial charge >= 0.3 is 0 Å². The Labute approximate surface area is 193 Å². The van der Waals surface area contributed by atoms with Gasteiger partial charge in [-0.15, -0.1) is 35.3 Å². The largest absolute Gasteiger partial charge is 0.487 e. The number of pyridine rings is 1. The van der Waals surface area contributed by atoms with E-state index in [1.54, 1.807) is 17.5 Å². The molecule has 2 aromatic heterocycles. The molecule has 154 valence electrons. The predicted octanol–water partition coefficient (Wildman–Crippen LogP) is 4.59. The molecule has 29 heavy (non-hydrogen) atoms. The van der Waals surface area contributed by atoms with E-state index in [1.807, 2.05) is 37.4 Å². The Hall–Kier alpha value is -2.13. The van der Waals surface area contributed by atoms with Crippen molar-refractivity contribution in [1.29, 1.82) is 0 Å². The summed E-state index contributed by atoms with van der Waals surface area (Å²) in [6, 6.07) is 18.2. The van der Waals surface area contributed by atoms with Crippen LogP contribution in [0.1, 0.15) is 16.1 Å². The van der Waals surface area contributed by atoms with Crippen molar-refractivity contribution in [3.05, 3.63) is 82.3 Å². The van der Waals surface area contributed by atoms with Crippen LogP contribution in [0, 0.1) is 0 Å². The fraction of sp³-hybridized carbons (Fsp3) is 0.273. The number of hydrogen-bond acceptors (Lipinski definition) is 4. The lowest BCUT2D eigenvalue weighted by atomic mass is 10.2. The van der Waals surface area contributed by atoms with Crippen LogP contribution in [0.15, 0.2) is 71.2 Å². The first-order valence-corrected chi connectivity index (χ1v) is 10.2. The van der Waals surface area contributed by atoms with Crippen molar-refractivity contribution >= 4 is 41.3 Å². The first-order valence-electron chi connectivity index (χ1n) is 9.30. The lowest BCUT2D eigenvalue weighted by molar-refractivity contribution is 0.301. The molecular formula is C22H27IN4OS. The number of aromatic nitrogens is 1. The summed E-state index contributed by atoms with van der Waals surface area (Å²) in [4.78, 5) is 12.2. The van der Waals surface area contributed by atoms with Gasteiger partial charge in [0.2, 0.25) is 0 Å². The second-order valence-electron chi connectivity index (χ2n) is 6.41. The fourth-order valence-corrected chi connectivity index (χ4v) is 3.49. The van der Waals surface area contributed by atoms with Gasteiger partial charge in [0.25, 0.3) is 0 Å². The third-order valence-corrected chi connectivity index (χ3v) is 5.25. The molecule has 0 aliphatic carbocycles. The average Bonchev–Trinajstić information content (AvgIpc) is 3.26. The molecule has 5 nitrogen and oxygen atoms in total. The van der Waals surface area contributed by atoms with E-state index in [9.17, 15) is 0 Å². The lowest BCUT2D eigenvalue weighted by Gasteiger charge is -2.22. The molecule has 0 aliphatic heterocycles. The number of rotatable bonds is 8. The Balaban J connectivity index is 0.00000300. The molecule has 2 heterocycles. The van der Waals surface area contributed by atoms with Gasteiger partial charge in [0.05, 0.1) is 5.69 Å². The average molecular weight is 522 g/mol. The van der Waals surface area contributed by atoms with Gasteiger partial charge in [0.1, 0.15) is 12.4 Å². The molecule has 0 saturated heterocycles. The van der Waals surface area contributed by atoms with Crippen molar-refractivity contribution < 1.29 is 4.74 Å². The number of guanidine groups is 1. The van der Waals surface area contributed by atoms with E-state index in [0.717, 1.165) is 35.9 Å². The van der Waals surface area contributed by atoms with Gasteiger partial charge in [0.15, 0.2) is 5.96 Å². The number of ether oxygens (including phenoxy) is 1. The second kappa shape index (κ2) is 12.4. The van der Waals surface area contributed by atoms with Crippen molar-refractivity contribution in [1.82, 2.24) is 15.2 Å². The lowest BCUT2D eigenvalue weighted by Crippen LogP contribution is -2.39. The van der Waals surface area contributed by atoms with Crippen LogP contribution >= 0.6 is 35.3 Å². The zero-order valence-corrected chi connectivity index (χ0v) is 19.9. The van der Waals surface area contributed by atoms with E-state index in [1.165, 1.54) is 4.88 Å². The summed E-state index contributed by atoms with van der Waals surface area (Å²) in [5.74, 6) is 1.72. The molecule has 3 aromatic rings. The number of thiophene rings is 1. The molecule has 0 saturated carbocycles. The Bertz CT molecular complexity index is 872. The molecule has 0 atom stereocenters. The molecule has 1 N–H and O–H groups in total. The van der Waals surface area contributed by atoms with Crippen LogP contribution in [0.2, 0.25) is 0 Å². The van der Waals surface area contributed by atoms with Gasteiger partial charge < -0.3 is 15.0 Å². The van der Waals surface area contributed by atoms with E-state index >= 15 is 0 Å². The normalized spacial score (nSPS) is 10.9. The number of nitrogens with one attached hydrogen (secondary N) is 1. The minimum atomic E-state index is 0. The zero-order chi connectivity index (χ0) is 19.6. The highest BCUT2D eigenvalue weighted by molar-refractivity contribution is 14.0. The minimum absolute atomic E-state index is 0. The van der Waals surface area contributed by atoms with E-state index in [4.69, 9.17) is 4.74 Å². The van der Waals surface area contributed by atoms with Crippen molar-refractivity contribution in [3.63, 3.8) is 0 Å². The number of hydrogen-bond donors (Lipinski definition) is 1. The van der Waals surface area contributed by atoms with Gasteiger partial charge in [0, 0.05) is 38.3 Å². The highest BCUT2D eigenvalue weighted by atomic mass is 127. The van der Waals surface area contributed by atoms with Crippen LogP contribution in [0.4, 0.5) is 0 Å². The molecule has 0 bridgehead atoms. The van der Waals surface area contributed by atoms with Gasteiger partial charge in [-0.05, 0) is 47.7 Å². The van der Waals surface area contributed by atoms with E-state index < -0.39 is 0 Å². The maximum atomic E-state index is 5.86. The number of halogens is 1. The Morgan fingerprint density at radius 3 is 2.79 bits per heavy atom. The molecule has 0 unspecified atom stereocenters. The van der Waals surface area contributed by atoms with Crippen LogP contribution in [-0.4, -0.2) is 36.5 Å². The molecule has 0 radical (unpaired) electrons. The molecule has 7 heteroatoms. The Morgan fingerprint density at radius 1 is 1.17 bits per heavy atom. The number of benzene rings is 1. The number of nitrogens with zero attached hydrogens (tertiary/aromatic N) is 3. The SMILES string of the molecule is CN=C(NCc1cccc(OCc2ccccn2)c1)N(C)CCc1cccs1.I. The maximum absolute atomic E-state index is 5.86. The highest BCUT2D eigenvalue weighted by Crippen LogP contribution is 2.15. The summed E-state index contributed by atoms with van der Waals surface area (Å²) < 4.78 is 5.86. The predicted molar refractivity (Wildman–Crippen MR) is 131 cm³/mol. The number of likely N-dealkylation sites (N-methyl/N-ethyl adjacent to an activating group) is 1. The number of aliphatic imine (C=N–C) groups is 1. The third kappa shape index (κ3) is 7.66. The monoisotopic (exact) mass is 522 g/mol. The first kappa shape index (κ1) is 23.2. The summed E-state index contributed by atoms with van der Waals surface area (Å²) in [6.07, 6.45) is 2.80. The van der Waals surface area contributed by atoms with Crippen LogP contribution in [-0.2, 0) is 19.6 Å². The fourth-order valence-electron chi connectivity index (χ4n) is 2.79. The van der Waals surface area contributed by atoms with Crippen molar-refractivity contribution in [3.8, 4) is 5.75 Å². The van der Waals surface area contributed by atoms with E-state index in [2.05, 4.69) is 56.9 Å². The van der Waals surface area contributed by atoms with Gasteiger partial charge in [-0.25, -0.2) is 0 Å². The minimum Gasteiger partial charge on any atom is -0.487 e. The molecule has 0 spiro atoms. The second-order valence-corrected chi connectivity index (χ2v) is 7.44. The summed E-state index contributed by atoms with van der Waals surface area (Å²) in [7, 11) is 3.88. The molecular weight excluding hydrogens is 495 g/mol. The third-order valence-electron chi connectivity index (χ3n) is 4.31. The Kier molecular flexibility index (Phi) is 9.93. The highest BCUT2D eigenvalue weighted by Gasteiger charge is 2.07. The summed E-state index contributed by atoms with van der Waals surface area (Å²) in [5, 5.41) is 5.54. The Morgan fingerprint density at radius 2 is 2.07 bits per heavy atom. The van der Waals surface area contributed by atoms with Crippen LogP contribution in [0.3, 0.4) is 0 Å². The van der Waals surface area contributed by atoms with Crippen LogP contribution in [0.5, 0.6) is 5.75 Å². The first-order chi connectivity index (χ1) is 13.7. The topological polar surface area (TPSA) is 49.8 Å². The quantitative estimate of drug-likeness (QED) is 0.267. The van der Waals surface area contributed by atoms with Crippen molar-refractivity contribution in [2.24, 2.45) is 4.99 Å². The zero-order valence-electron chi connectivity index (χ0n) is 16.7. The summed E-state index contributed by atoms with van der Waals surface area (Å²) >= 11 is 1.79. The van der Waals surface area contributed by atoms with E-state index in [-0.39, 0.29) is 24.0 Å². The standard InChI is InChI=1S/C22H26N4OS.HI/c1-23-22(26(2)13-11-21-10-6-14-28-21)25-16-18-7-5-9-20(15-18)27-17-19-8-3-4-12-24-19;/h3-10,12,14-15H,11,13,16-17H2,1-2H3,(H,23,25);1H.